The summed E-state index contributed by atoms with van der Waals surface area (Å²) in [6.45, 7) is 5.00. The van der Waals surface area contributed by atoms with Crippen molar-refractivity contribution in [3.05, 3.63) is 59.2 Å². The molecule has 6 nitrogen and oxygen atoms in total. The fourth-order valence-corrected chi connectivity index (χ4v) is 3.67. The van der Waals surface area contributed by atoms with E-state index in [1.165, 1.54) is 12.1 Å². The highest BCUT2D eigenvalue weighted by atomic mass is 32.2. The second-order valence-electron chi connectivity index (χ2n) is 6.85. The van der Waals surface area contributed by atoms with Crippen molar-refractivity contribution in [2.75, 3.05) is 32.5 Å². The summed E-state index contributed by atoms with van der Waals surface area (Å²) in [7, 11) is 0.224. The van der Waals surface area contributed by atoms with Crippen LogP contribution in [0.15, 0.2) is 47.4 Å². The van der Waals surface area contributed by atoms with Gasteiger partial charge in [0.05, 0.1) is 4.90 Å². The summed E-state index contributed by atoms with van der Waals surface area (Å²) in [5.74, 6) is -0.339. The predicted molar refractivity (Wildman–Crippen MR) is 109 cm³/mol. The van der Waals surface area contributed by atoms with Crippen LogP contribution in [0.1, 0.15) is 27.9 Å². The summed E-state index contributed by atoms with van der Waals surface area (Å²) in [5, 5.41) is 2.85. The summed E-state index contributed by atoms with van der Waals surface area (Å²) in [4.78, 5) is 14.6. The molecule has 2 rings (SSSR count). The molecule has 0 saturated carbocycles. The first kappa shape index (κ1) is 21.1. The Morgan fingerprint density at radius 2 is 1.81 bits per heavy atom. The molecule has 0 radical (unpaired) electrons. The highest BCUT2D eigenvalue weighted by molar-refractivity contribution is 7.89. The Morgan fingerprint density at radius 1 is 1.07 bits per heavy atom. The van der Waals surface area contributed by atoms with Gasteiger partial charge < -0.3 is 10.2 Å². The van der Waals surface area contributed by atoms with Crippen LogP contribution < -0.4 is 10.0 Å². The Bertz CT molecular complexity index is 908. The molecule has 2 aromatic carbocycles. The lowest BCUT2D eigenvalue weighted by Gasteiger charge is -2.12. The molecule has 0 saturated heterocycles. The van der Waals surface area contributed by atoms with Gasteiger partial charge in [-0.05, 0) is 76.3 Å². The SMILES string of the molecule is Cc1ccc(C)c(NC(=O)c2cccc(S(=O)(=O)NCCCN(C)C)c2)c1. The van der Waals surface area contributed by atoms with Gasteiger partial charge in [0, 0.05) is 17.8 Å². The minimum atomic E-state index is -3.65. The number of hydrogen-bond acceptors (Lipinski definition) is 4. The summed E-state index contributed by atoms with van der Waals surface area (Å²) >= 11 is 0. The molecule has 0 fully saturated rings. The quantitative estimate of drug-likeness (QED) is 0.681. The summed E-state index contributed by atoms with van der Waals surface area (Å²) in [6.07, 6.45) is 0.707. The van der Waals surface area contributed by atoms with Crippen LogP contribution in [0.2, 0.25) is 0 Å². The first-order chi connectivity index (χ1) is 12.7. The van der Waals surface area contributed by atoms with Crippen LogP contribution >= 0.6 is 0 Å². The fourth-order valence-electron chi connectivity index (χ4n) is 2.55. The maximum absolute atomic E-state index is 12.6. The van der Waals surface area contributed by atoms with E-state index in [0.29, 0.717) is 18.5 Å². The van der Waals surface area contributed by atoms with Crippen LogP contribution in [0, 0.1) is 13.8 Å². The van der Waals surface area contributed by atoms with Gasteiger partial charge in [-0.15, -0.1) is 0 Å². The highest BCUT2D eigenvalue weighted by Crippen LogP contribution is 2.18. The minimum absolute atomic E-state index is 0.0842. The molecule has 0 spiro atoms. The molecular formula is C20H27N3O3S. The Balaban J connectivity index is 2.11. The summed E-state index contributed by atoms with van der Waals surface area (Å²) in [5.41, 5.74) is 3.00. The predicted octanol–water partition coefficient (Wildman–Crippen LogP) is 2.79. The van der Waals surface area contributed by atoms with E-state index in [0.717, 1.165) is 23.4 Å². The monoisotopic (exact) mass is 389 g/mol. The standard InChI is InChI=1S/C20H27N3O3S/c1-15-9-10-16(2)19(13-15)22-20(24)17-7-5-8-18(14-17)27(25,26)21-11-6-12-23(3)4/h5,7-10,13-14,21H,6,11-12H2,1-4H3,(H,22,24). The zero-order chi connectivity index (χ0) is 20.0. The smallest absolute Gasteiger partial charge is 0.255 e. The number of hydrogen-bond donors (Lipinski definition) is 2. The second kappa shape index (κ2) is 9.12. The Morgan fingerprint density at radius 3 is 2.52 bits per heavy atom. The van der Waals surface area contributed by atoms with Gasteiger partial charge in [0.25, 0.3) is 5.91 Å². The van der Waals surface area contributed by atoms with E-state index < -0.39 is 10.0 Å². The van der Waals surface area contributed by atoms with Gasteiger partial charge in [0.1, 0.15) is 0 Å². The van der Waals surface area contributed by atoms with Gasteiger partial charge >= 0.3 is 0 Å². The van der Waals surface area contributed by atoms with E-state index in [1.807, 2.05) is 51.0 Å². The third kappa shape index (κ3) is 6.16. The van der Waals surface area contributed by atoms with Crippen molar-refractivity contribution in [3.8, 4) is 0 Å². The molecule has 0 aliphatic rings. The normalized spacial score (nSPS) is 11.6. The van der Waals surface area contributed by atoms with Crippen molar-refractivity contribution in [2.45, 2.75) is 25.2 Å². The van der Waals surface area contributed by atoms with E-state index in [9.17, 15) is 13.2 Å². The zero-order valence-electron chi connectivity index (χ0n) is 16.2. The first-order valence-corrected chi connectivity index (χ1v) is 10.3. The lowest BCUT2D eigenvalue weighted by Crippen LogP contribution is -2.27. The van der Waals surface area contributed by atoms with Crippen molar-refractivity contribution >= 4 is 21.6 Å². The van der Waals surface area contributed by atoms with Crippen molar-refractivity contribution in [1.29, 1.82) is 0 Å². The Labute approximate surface area is 161 Å². The number of carbonyl (C=O) groups is 1. The molecule has 1 amide bonds. The lowest BCUT2D eigenvalue weighted by atomic mass is 10.1. The molecule has 0 atom stereocenters. The van der Waals surface area contributed by atoms with Gasteiger partial charge in [0.15, 0.2) is 0 Å². The molecule has 0 aliphatic carbocycles. The molecule has 0 aromatic heterocycles. The van der Waals surface area contributed by atoms with E-state index in [2.05, 4.69) is 10.0 Å². The molecular weight excluding hydrogens is 362 g/mol. The van der Waals surface area contributed by atoms with E-state index in [-0.39, 0.29) is 10.8 Å². The third-order valence-corrected chi connectivity index (χ3v) is 5.58. The van der Waals surface area contributed by atoms with Crippen LogP contribution in [-0.2, 0) is 10.0 Å². The Kier molecular flexibility index (Phi) is 7.12. The minimum Gasteiger partial charge on any atom is -0.322 e. The van der Waals surface area contributed by atoms with Crippen LogP contribution in [0.3, 0.4) is 0 Å². The number of nitrogens with zero attached hydrogens (tertiary/aromatic N) is 1. The molecule has 0 unspecified atom stereocenters. The van der Waals surface area contributed by atoms with Gasteiger partial charge in [0.2, 0.25) is 10.0 Å². The maximum Gasteiger partial charge on any atom is 0.255 e. The molecule has 7 heteroatoms. The number of nitrogens with one attached hydrogen (secondary N) is 2. The van der Waals surface area contributed by atoms with Crippen LogP contribution in [0.25, 0.3) is 0 Å². The van der Waals surface area contributed by atoms with Gasteiger partial charge in [-0.3, -0.25) is 4.79 Å². The lowest BCUT2D eigenvalue weighted by molar-refractivity contribution is 0.102. The fraction of sp³-hybridized carbons (Fsp3) is 0.350. The Hall–Kier alpha value is -2.22. The van der Waals surface area contributed by atoms with Crippen LogP contribution in [0.4, 0.5) is 5.69 Å². The summed E-state index contributed by atoms with van der Waals surface area (Å²) in [6, 6.07) is 11.9. The topological polar surface area (TPSA) is 78.5 Å². The molecule has 0 aliphatic heterocycles. The number of benzene rings is 2. The number of sulfonamides is 1. The largest absolute Gasteiger partial charge is 0.322 e. The van der Waals surface area contributed by atoms with E-state index in [1.54, 1.807) is 12.1 Å². The zero-order valence-corrected chi connectivity index (χ0v) is 17.1. The van der Waals surface area contributed by atoms with E-state index in [4.69, 9.17) is 0 Å². The number of rotatable bonds is 8. The van der Waals surface area contributed by atoms with Crippen molar-refractivity contribution < 1.29 is 13.2 Å². The van der Waals surface area contributed by atoms with Crippen molar-refractivity contribution in [1.82, 2.24) is 9.62 Å². The van der Waals surface area contributed by atoms with Gasteiger partial charge in [-0.1, -0.05) is 18.2 Å². The average molecular weight is 390 g/mol. The van der Waals surface area contributed by atoms with Crippen LogP contribution in [-0.4, -0.2) is 46.4 Å². The van der Waals surface area contributed by atoms with Crippen molar-refractivity contribution in [2.24, 2.45) is 0 Å². The highest BCUT2D eigenvalue weighted by Gasteiger charge is 2.16. The van der Waals surface area contributed by atoms with E-state index >= 15 is 0 Å². The number of carbonyl (C=O) groups excluding carboxylic acids is 1. The molecule has 27 heavy (non-hydrogen) atoms. The number of amides is 1. The van der Waals surface area contributed by atoms with Gasteiger partial charge in [-0.2, -0.15) is 0 Å². The number of anilines is 1. The van der Waals surface area contributed by atoms with Gasteiger partial charge in [-0.25, -0.2) is 13.1 Å². The molecule has 2 aromatic rings. The molecule has 146 valence electrons. The summed E-state index contributed by atoms with van der Waals surface area (Å²) < 4.78 is 27.5. The number of aryl methyl sites for hydroxylation is 2. The molecule has 2 N–H and O–H groups in total. The second-order valence-corrected chi connectivity index (χ2v) is 8.62. The third-order valence-electron chi connectivity index (χ3n) is 4.12. The maximum atomic E-state index is 12.6. The first-order valence-electron chi connectivity index (χ1n) is 8.82. The molecule has 0 bridgehead atoms. The van der Waals surface area contributed by atoms with Crippen molar-refractivity contribution in [3.63, 3.8) is 0 Å². The average Bonchev–Trinajstić information content (AvgIpc) is 2.62. The van der Waals surface area contributed by atoms with Crippen LogP contribution in [0.5, 0.6) is 0 Å². The molecule has 0 heterocycles.